The van der Waals surface area contributed by atoms with Gasteiger partial charge in [-0.3, -0.25) is 4.79 Å². The van der Waals surface area contributed by atoms with E-state index in [1.165, 1.54) is 31.4 Å². The van der Waals surface area contributed by atoms with Crippen molar-refractivity contribution < 1.29 is 29.0 Å². The van der Waals surface area contributed by atoms with Crippen molar-refractivity contribution >= 4 is 23.7 Å². The summed E-state index contributed by atoms with van der Waals surface area (Å²) in [6.07, 6.45) is -1.38. The number of amides is 2. The zero-order valence-corrected chi connectivity index (χ0v) is 19.4. The van der Waals surface area contributed by atoms with Gasteiger partial charge in [0.2, 0.25) is 5.91 Å². The number of nitrogens with one attached hydrogen (secondary N) is 2. The molecule has 0 saturated heterocycles. The molecule has 3 N–H and O–H groups in total. The Bertz CT molecular complexity index is 1190. The molecule has 3 aromatic rings. The normalized spacial score (nSPS) is 13.8. The van der Waals surface area contributed by atoms with E-state index in [9.17, 15) is 14.4 Å². The second-order valence-electron chi connectivity index (χ2n) is 8.26. The standard InChI is InChI=1S/C27H26N2O6/c1-16(34-2)24(25(30)28-18-13-11-17(12-14-18)26(31)32)29-27(33)35-15-23-21-9-5-3-7-19(21)20-8-4-6-10-22(20)23/h3-14,16,23-24H,15H2,1-2H3,(H,28,30)(H,29,33)(H,31,32). The highest BCUT2D eigenvalue weighted by molar-refractivity contribution is 5.97. The molecule has 3 aromatic carbocycles. The van der Waals surface area contributed by atoms with Crippen LogP contribution >= 0.6 is 0 Å². The van der Waals surface area contributed by atoms with E-state index in [0.29, 0.717) is 5.69 Å². The average molecular weight is 475 g/mol. The smallest absolute Gasteiger partial charge is 0.407 e. The van der Waals surface area contributed by atoms with Crippen molar-refractivity contribution in [2.75, 3.05) is 19.0 Å². The first-order valence-corrected chi connectivity index (χ1v) is 11.2. The molecule has 35 heavy (non-hydrogen) atoms. The van der Waals surface area contributed by atoms with E-state index < -0.39 is 30.1 Å². The van der Waals surface area contributed by atoms with Crippen LogP contribution in [-0.4, -0.2) is 48.9 Å². The Kier molecular flexibility index (Phi) is 7.12. The van der Waals surface area contributed by atoms with E-state index in [-0.39, 0.29) is 18.1 Å². The molecule has 2 amide bonds. The summed E-state index contributed by atoms with van der Waals surface area (Å²) in [6, 6.07) is 20.7. The molecule has 0 saturated carbocycles. The van der Waals surface area contributed by atoms with Gasteiger partial charge < -0.3 is 25.2 Å². The van der Waals surface area contributed by atoms with Crippen LogP contribution in [0.3, 0.4) is 0 Å². The number of alkyl carbamates (subject to hydrolysis) is 1. The van der Waals surface area contributed by atoms with E-state index in [1.54, 1.807) is 6.92 Å². The molecule has 0 radical (unpaired) electrons. The van der Waals surface area contributed by atoms with E-state index in [1.807, 2.05) is 36.4 Å². The quantitative estimate of drug-likeness (QED) is 0.449. The minimum Gasteiger partial charge on any atom is -0.478 e. The minimum atomic E-state index is -1.06. The third-order valence-corrected chi connectivity index (χ3v) is 6.14. The van der Waals surface area contributed by atoms with Gasteiger partial charge in [0.25, 0.3) is 0 Å². The highest BCUT2D eigenvalue weighted by atomic mass is 16.5. The molecule has 8 heteroatoms. The first kappa shape index (κ1) is 24.0. The number of hydrogen-bond acceptors (Lipinski definition) is 5. The van der Waals surface area contributed by atoms with Crippen molar-refractivity contribution in [3.05, 3.63) is 89.5 Å². The second-order valence-corrected chi connectivity index (χ2v) is 8.26. The number of hydrogen-bond donors (Lipinski definition) is 3. The van der Waals surface area contributed by atoms with Crippen LogP contribution in [0.4, 0.5) is 10.5 Å². The number of anilines is 1. The van der Waals surface area contributed by atoms with Gasteiger partial charge in [0, 0.05) is 18.7 Å². The molecule has 0 spiro atoms. The van der Waals surface area contributed by atoms with Gasteiger partial charge in [-0.1, -0.05) is 48.5 Å². The van der Waals surface area contributed by atoms with Crippen LogP contribution in [0, 0.1) is 0 Å². The maximum atomic E-state index is 12.9. The van der Waals surface area contributed by atoms with E-state index in [2.05, 4.69) is 22.8 Å². The lowest BCUT2D eigenvalue weighted by molar-refractivity contribution is -0.121. The predicted molar refractivity (Wildman–Crippen MR) is 130 cm³/mol. The number of carbonyl (C=O) groups is 3. The van der Waals surface area contributed by atoms with Gasteiger partial charge in [-0.05, 0) is 53.4 Å². The van der Waals surface area contributed by atoms with Crippen molar-refractivity contribution in [1.82, 2.24) is 5.32 Å². The molecular formula is C27H26N2O6. The van der Waals surface area contributed by atoms with E-state index in [0.717, 1.165) is 22.3 Å². The first-order chi connectivity index (χ1) is 16.9. The number of rotatable bonds is 8. The lowest BCUT2D eigenvalue weighted by Crippen LogP contribution is -2.51. The molecule has 2 unspecified atom stereocenters. The number of carbonyl (C=O) groups excluding carboxylic acids is 2. The lowest BCUT2D eigenvalue weighted by Gasteiger charge is -2.23. The van der Waals surface area contributed by atoms with Crippen LogP contribution in [-0.2, 0) is 14.3 Å². The third kappa shape index (κ3) is 5.17. The summed E-state index contributed by atoms with van der Waals surface area (Å²) in [5, 5.41) is 14.3. The Morgan fingerprint density at radius 2 is 1.49 bits per heavy atom. The van der Waals surface area contributed by atoms with Gasteiger partial charge in [-0.2, -0.15) is 0 Å². The van der Waals surface area contributed by atoms with Gasteiger partial charge in [0.1, 0.15) is 12.6 Å². The summed E-state index contributed by atoms with van der Waals surface area (Å²) < 4.78 is 10.8. The molecule has 0 aromatic heterocycles. The summed E-state index contributed by atoms with van der Waals surface area (Å²) in [6.45, 7) is 1.77. The second kappa shape index (κ2) is 10.4. The maximum absolute atomic E-state index is 12.9. The van der Waals surface area contributed by atoms with Crippen LogP contribution in [0.25, 0.3) is 11.1 Å². The fourth-order valence-corrected chi connectivity index (χ4v) is 4.22. The Hall–Kier alpha value is -4.17. The molecule has 1 aliphatic rings. The van der Waals surface area contributed by atoms with Crippen molar-refractivity contribution in [1.29, 1.82) is 0 Å². The molecule has 180 valence electrons. The molecule has 1 aliphatic carbocycles. The Balaban J connectivity index is 1.42. The third-order valence-electron chi connectivity index (χ3n) is 6.14. The number of carboxylic acids is 1. The summed E-state index contributed by atoms with van der Waals surface area (Å²) in [7, 11) is 1.44. The number of aromatic carboxylic acids is 1. The molecule has 0 fully saturated rings. The van der Waals surface area contributed by atoms with Gasteiger partial charge in [0.15, 0.2) is 0 Å². The molecule has 8 nitrogen and oxygen atoms in total. The topological polar surface area (TPSA) is 114 Å². The number of carboxylic acid groups (broad SMARTS) is 1. The van der Waals surface area contributed by atoms with E-state index >= 15 is 0 Å². The monoisotopic (exact) mass is 474 g/mol. The number of ether oxygens (including phenoxy) is 2. The van der Waals surface area contributed by atoms with Crippen molar-refractivity contribution in [3.63, 3.8) is 0 Å². The number of fused-ring (bicyclic) bond motifs is 3. The Morgan fingerprint density at radius 1 is 0.914 bits per heavy atom. The zero-order chi connectivity index (χ0) is 24.9. The van der Waals surface area contributed by atoms with E-state index in [4.69, 9.17) is 14.6 Å². The fourth-order valence-electron chi connectivity index (χ4n) is 4.22. The Labute approximate surface area is 202 Å². The zero-order valence-electron chi connectivity index (χ0n) is 19.4. The van der Waals surface area contributed by atoms with Crippen LogP contribution in [0.2, 0.25) is 0 Å². The van der Waals surface area contributed by atoms with Crippen LogP contribution < -0.4 is 10.6 Å². The molecule has 2 atom stereocenters. The first-order valence-electron chi connectivity index (χ1n) is 11.2. The predicted octanol–water partition coefficient (Wildman–Crippen LogP) is 4.27. The SMILES string of the molecule is COC(C)C(NC(=O)OCC1c2ccccc2-c2ccccc21)C(=O)Nc1ccc(C(=O)O)cc1. The minimum absolute atomic E-state index is 0.0987. The van der Waals surface area contributed by atoms with Crippen molar-refractivity contribution in [2.24, 2.45) is 0 Å². The summed E-state index contributed by atoms with van der Waals surface area (Å²) in [5.41, 5.74) is 4.91. The maximum Gasteiger partial charge on any atom is 0.407 e. The molecule has 4 rings (SSSR count). The molecule has 0 bridgehead atoms. The highest BCUT2D eigenvalue weighted by Gasteiger charge is 2.31. The highest BCUT2D eigenvalue weighted by Crippen LogP contribution is 2.44. The van der Waals surface area contributed by atoms with Crippen LogP contribution in [0.5, 0.6) is 0 Å². The van der Waals surface area contributed by atoms with Gasteiger partial charge in [0.05, 0.1) is 11.7 Å². The molecule has 0 heterocycles. The number of benzene rings is 3. The largest absolute Gasteiger partial charge is 0.478 e. The lowest BCUT2D eigenvalue weighted by atomic mass is 9.98. The average Bonchev–Trinajstić information content (AvgIpc) is 3.19. The fraction of sp³-hybridized carbons (Fsp3) is 0.222. The van der Waals surface area contributed by atoms with Gasteiger partial charge >= 0.3 is 12.1 Å². The summed E-state index contributed by atoms with van der Waals surface area (Å²) in [5.74, 6) is -1.69. The molecular weight excluding hydrogens is 448 g/mol. The Morgan fingerprint density at radius 3 is 2.03 bits per heavy atom. The van der Waals surface area contributed by atoms with Gasteiger partial charge in [-0.25, -0.2) is 9.59 Å². The van der Waals surface area contributed by atoms with Crippen molar-refractivity contribution in [2.45, 2.75) is 25.0 Å². The van der Waals surface area contributed by atoms with Gasteiger partial charge in [-0.15, -0.1) is 0 Å². The number of methoxy groups -OCH3 is 1. The van der Waals surface area contributed by atoms with Crippen LogP contribution in [0.15, 0.2) is 72.8 Å². The summed E-state index contributed by atoms with van der Waals surface area (Å²) in [4.78, 5) is 36.6. The molecule has 0 aliphatic heterocycles. The summed E-state index contributed by atoms with van der Waals surface area (Å²) >= 11 is 0. The van der Waals surface area contributed by atoms with Crippen molar-refractivity contribution in [3.8, 4) is 11.1 Å². The van der Waals surface area contributed by atoms with Crippen LogP contribution in [0.1, 0.15) is 34.3 Å².